The molecular formula is C32H23BBrNO7. The standard InChI is InChI=1S/C32H23BBrNO7/c34-23-14-25(37)28-22(30(23)38)13-21-19(29(28)27-18-7-2-1-4-15(18)8-11-24(27)36)9-10-20-26(21)32(40)35(31(20)39)17-6-3-5-16(12-17)33(41)42/h1-9,11-12,14,20-21,26,29,36,41-42H,10,13H2/t20-,21+,26-,29+/m0/s1. The molecule has 0 saturated carbocycles. The van der Waals surface area contributed by atoms with E-state index in [1.165, 1.54) is 18.2 Å². The summed E-state index contributed by atoms with van der Waals surface area (Å²) in [6.45, 7) is 0. The molecule has 3 aromatic carbocycles. The number of nitrogens with zero attached hydrogens (tertiary/aromatic N) is 1. The van der Waals surface area contributed by atoms with Gasteiger partial charge in [0, 0.05) is 28.7 Å². The fourth-order valence-electron chi connectivity index (χ4n) is 7.20. The number of amides is 2. The summed E-state index contributed by atoms with van der Waals surface area (Å²) in [6.07, 6.45) is 3.50. The molecule has 42 heavy (non-hydrogen) atoms. The monoisotopic (exact) mass is 623 g/mol. The van der Waals surface area contributed by atoms with Gasteiger partial charge < -0.3 is 15.2 Å². The van der Waals surface area contributed by atoms with E-state index < -0.39 is 42.6 Å². The van der Waals surface area contributed by atoms with E-state index in [1.54, 1.807) is 24.3 Å². The van der Waals surface area contributed by atoms with Crippen molar-refractivity contribution in [1.82, 2.24) is 0 Å². The first kappa shape index (κ1) is 26.8. The molecule has 1 fully saturated rings. The van der Waals surface area contributed by atoms with Crippen molar-refractivity contribution in [2.24, 2.45) is 17.8 Å². The Bertz CT molecular complexity index is 1860. The minimum absolute atomic E-state index is 0.0297. The number of anilines is 1. The van der Waals surface area contributed by atoms with Crippen molar-refractivity contribution in [2.45, 2.75) is 18.8 Å². The number of phenols is 1. The molecule has 2 amide bonds. The van der Waals surface area contributed by atoms with Crippen molar-refractivity contribution in [3.8, 4) is 5.75 Å². The van der Waals surface area contributed by atoms with Crippen LogP contribution in [0.4, 0.5) is 5.69 Å². The Hall–Kier alpha value is -4.12. The van der Waals surface area contributed by atoms with Crippen LogP contribution in [0.5, 0.6) is 5.75 Å². The number of imide groups is 1. The van der Waals surface area contributed by atoms with Gasteiger partial charge in [-0.25, -0.2) is 0 Å². The van der Waals surface area contributed by atoms with Gasteiger partial charge in [0.25, 0.3) is 0 Å². The highest BCUT2D eigenvalue weighted by molar-refractivity contribution is 9.12. The van der Waals surface area contributed by atoms with Gasteiger partial charge in [-0.3, -0.25) is 24.1 Å². The molecular weight excluding hydrogens is 601 g/mol. The van der Waals surface area contributed by atoms with Crippen molar-refractivity contribution in [1.29, 1.82) is 0 Å². The Labute approximate surface area is 248 Å². The predicted molar refractivity (Wildman–Crippen MR) is 159 cm³/mol. The maximum atomic E-state index is 14.1. The molecule has 0 aromatic heterocycles. The molecule has 8 nitrogen and oxygen atoms in total. The van der Waals surface area contributed by atoms with Gasteiger partial charge in [-0.2, -0.15) is 0 Å². The van der Waals surface area contributed by atoms with Crippen molar-refractivity contribution in [3.63, 3.8) is 0 Å². The molecule has 7 rings (SSSR count). The minimum Gasteiger partial charge on any atom is -0.508 e. The molecule has 208 valence electrons. The average Bonchev–Trinajstić information content (AvgIpc) is 3.24. The third kappa shape index (κ3) is 3.82. The van der Waals surface area contributed by atoms with Crippen LogP contribution in [0.15, 0.2) is 94.0 Å². The van der Waals surface area contributed by atoms with Crippen LogP contribution in [0.25, 0.3) is 10.8 Å². The van der Waals surface area contributed by atoms with Gasteiger partial charge in [0.1, 0.15) is 5.75 Å². The zero-order chi connectivity index (χ0) is 29.4. The lowest BCUT2D eigenvalue weighted by Gasteiger charge is -2.42. The number of fused-ring (bicyclic) bond motifs is 4. The predicted octanol–water partition coefficient (Wildman–Crippen LogP) is 3.19. The Morgan fingerprint density at radius 1 is 0.905 bits per heavy atom. The van der Waals surface area contributed by atoms with Gasteiger partial charge in [-0.15, -0.1) is 0 Å². The summed E-state index contributed by atoms with van der Waals surface area (Å²) >= 11 is 3.23. The van der Waals surface area contributed by atoms with E-state index in [-0.39, 0.29) is 56.9 Å². The van der Waals surface area contributed by atoms with E-state index in [2.05, 4.69) is 15.9 Å². The number of Topliss-reactive ketones (excluding diaryl/α,β-unsaturated/α-hetero) is 1. The van der Waals surface area contributed by atoms with Gasteiger partial charge in [-0.05, 0) is 69.1 Å². The number of hydrogen-bond donors (Lipinski definition) is 3. The number of carbonyl (C=O) groups is 4. The molecule has 0 bridgehead atoms. The van der Waals surface area contributed by atoms with Crippen LogP contribution in [0.2, 0.25) is 0 Å². The zero-order valence-corrected chi connectivity index (χ0v) is 23.6. The first-order chi connectivity index (χ1) is 20.2. The van der Waals surface area contributed by atoms with E-state index >= 15 is 0 Å². The molecule has 1 saturated heterocycles. The Kier molecular flexibility index (Phi) is 6.20. The fraction of sp³-hybridized carbons (Fsp3) is 0.188. The number of allylic oxidation sites excluding steroid dienone is 6. The molecule has 3 aromatic rings. The number of ketones is 2. The number of carbonyl (C=O) groups excluding carboxylic acids is 4. The van der Waals surface area contributed by atoms with E-state index in [0.717, 1.165) is 21.2 Å². The SMILES string of the molecule is O=C1C=C(Br)C(=O)C2=C1[C@@H](c1c(O)ccc3ccccc13)C1=CC[C@@H]3C(=O)N(c4cccc(B(O)O)c4)C(=O)[C@@H]3[C@@H]1C2. The molecule has 0 unspecified atom stereocenters. The first-order valence-corrected chi connectivity index (χ1v) is 14.4. The number of benzene rings is 3. The summed E-state index contributed by atoms with van der Waals surface area (Å²) in [5.74, 6) is -4.43. The van der Waals surface area contributed by atoms with Gasteiger partial charge >= 0.3 is 7.12 Å². The van der Waals surface area contributed by atoms with E-state index in [0.29, 0.717) is 5.56 Å². The van der Waals surface area contributed by atoms with Crippen LogP contribution in [0.3, 0.4) is 0 Å². The Morgan fingerprint density at radius 3 is 2.48 bits per heavy atom. The van der Waals surface area contributed by atoms with E-state index in [4.69, 9.17) is 0 Å². The molecule has 1 heterocycles. The Balaban J connectivity index is 1.40. The maximum Gasteiger partial charge on any atom is 0.488 e. The first-order valence-electron chi connectivity index (χ1n) is 13.6. The molecule has 4 aliphatic rings. The lowest BCUT2D eigenvalue weighted by Crippen LogP contribution is -2.40. The van der Waals surface area contributed by atoms with Crippen LogP contribution < -0.4 is 10.4 Å². The highest BCUT2D eigenvalue weighted by Crippen LogP contribution is 2.57. The third-order valence-electron chi connectivity index (χ3n) is 8.99. The van der Waals surface area contributed by atoms with Gasteiger partial charge in [0.15, 0.2) is 11.6 Å². The summed E-state index contributed by atoms with van der Waals surface area (Å²) in [7, 11) is -1.77. The highest BCUT2D eigenvalue weighted by Gasteiger charge is 2.57. The second-order valence-electron chi connectivity index (χ2n) is 11.1. The maximum absolute atomic E-state index is 14.1. The van der Waals surface area contributed by atoms with Crippen molar-refractivity contribution in [2.75, 3.05) is 4.90 Å². The van der Waals surface area contributed by atoms with Crippen molar-refractivity contribution >= 4 is 68.4 Å². The normalized spacial score (nSPS) is 25.3. The van der Waals surface area contributed by atoms with Crippen LogP contribution in [-0.2, 0) is 19.2 Å². The quantitative estimate of drug-likeness (QED) is 0.177. The fourth-order valence-corrected chi connectivity index (χ4v) is 7.65. The van der Waals surface area contributed by atoms with Crippen molar-refractivity contribution < 1.29 is 34.3 Å². The van der Waals surface area contributed by atoms with E-state index in [9.17, 15) is 34.3 Å². The summed E-state index contributed by atoms with van der Waals surface area (Å²) in [5.41, 5.74) is 2.16. The van der Waals surface area contributed by atoms with Crippen LogP contribution in [0.1, 0.15) is 24.3 Å². The number of halogens is 1. The van der Waals surface area contributed by atoms with Gasteiger partial charge in [0.2, 0.25) is 11.8 Å². The molecule has 0 radical (unpaired) electrons. The van der Waals surface area contributed by atoms with Gasteiger partial charge in [-0.1, -0.05) is 54.1 Å². The number of hydrogen-bond acceptors (Lipinski definition) is 7. The summed E-state index contributed by atoms with van der Waals surface area (Å²) in [6, 6.07) is 16.8. The molecule has 3 N–H and O–H groups in total. The smallest absolute Gasteiger partial charge is 0.488 e. The average molecular weight is 624 g/mol. The number of rotatable bonds is 3. The lowest BCUT2D eigenvalue weighted by atomic mass is 9.59. The van der Waals surface area contributed by atoms with Crippen LogP contribution in [-0.4, -0.2) is 45.7 Å². The third-order valence-corrected chi connectivity index (χ3v) is 9.58. The minimum atomic E-state index is -1.77. The van der Waals surface area contributed by atoms with E-state index in [1.807, 2.05) is 30.3 Å². The second kappa shape index (κ2) is 9.73. The van der Waals surface area contributed by atoms with Gasteiger partial charge in [0.05, 0.1) is 22.0 Å². The topological polar surface area (TPSA) is 132 Å². The highest BCUT2D eigenvalue weighted by atomic mass is 79.9. The van der Waals surface area contributed by atoms with Crippen molar-refractivity contribution in [3.05, 3.63) is 99.6 Å². The number of aromatic hydroxyl groups is 1. The lowest BCUT2D eigenvalue weighted by molar-refractivity contribution is -0.123. The molecule has 3 aliphatic carbocycles. The van der Waals surface area contributed by atoms with Crippen LogP contribution >= 0.6 is 15.9 Å². The molecule has 0 spiro atoms. The second-order valence-corrected chi connectivity index (χ2v) is 11.9. The molecule has 10 heteroatoms. The molecule has 1 aliphatic heterocycles. The summed E-state index contributed by atoms with van der Waals surface area (Å²) in [4.78, 5) is 56.0. The largest absolute Gasteiger partial charge is 0.508 e. The Morgan fingerprint density at radius 2 is 1.69 bits per heavy atom. The number of phenolic OH excluding ortho intramolecular Hbond substituents is 1. The summed E-state index contributed by atoms with van der Waals surface area (Å²) < 4.78 is 0.127. The summed E-state index contributed by atoms with van der Waals surface area (Å²) in [5, 5.41) is 32.1. The zero-order valence-electron chi connectivity index (χ0n) is 22.0. The van der Waals surface area contributed by atoms with Crippen LogP contribution in [0, 0.1) is 17.8 Å². The molecule has 4 atom stereocenters.